The second-order valence-electron chi connectivity index (χ2n) is 7.68. The van der Waals surface area contributed by atoms with Gasteiger partial charge >= 0.3 is 5.97 Å². The summed E-state index contributed by atoms with van der Waals surface area (Å²) in [7, 11) is 0. The maximum absolute atomic E-state index is 12.3. The minimum atomic E-state index is -0.753. The summed E-state index contributed by atoms with van der Waals surface area (Å²) >= 11 is 1.32. The average molecular weight is 501 g/mol. The average Bonchev–Trinajstić information content (AvgIpc) is 3.45. The first kappa shape index (κ1) is 24.7. The maximum atomic E-state index is 12.3. The predicted octanol–water partition coefficient (Wildman–Crippen LogP) is 5.46. The molecule has 0 spiro atoms. The number of thiophene rings is 1. The van der Waals surface area contributed by atoms with Crippen molar-refractivity contribution in [3.63, 3.8) is 0 Å². The number of carbonyl (C=O) groups excluding carboxylic acids is 2. The van der Waals surface area contributed by atoms with Crippen LogP contribution in [-0.2, 0) is 11.4 Å². The van der Waals surface area contributed by atoms with E-state index in [-0.39, 0.29) is 0 Å². The maximum Gasteiger partial charge on any atom is 0.353 e. The number of amides is 1. The Balaban J connectivity index is 1.21. The monoisotopic (exact) mass is 500 g/mol. The smallest absolute Gasteiger partial charge is 0.353 e. The second-order valence-corrected chi connectivity index (χ2v) is 8.62. The zero-order chi connectivity index (χ0) is 25.2. The Bertz CT molecular complexity index is 1290. The summed E-state index contributed by atoms with van der Waals surface area (Å²) in [5, 5.41) is 5.79. The van der Waals surface area contributed by atoms with Gasteiger partial charge in [0, 0.05) is 0 Å². The summed E-state index contributed by atoms with van der Waals surface area (Å²) in [6.07, 6.45) is 0.742. The third kappa shape index (κ3) is 7.28. The van der Waals surface area contributed by atoms with Gasteiger partial charge in [-0.3, -0.25) is 4.79 Å². The number of hydrogen-bond acceptors (Lipinski definition) is 7. The van der Waals surface area contributed by atoms with Crippen LogP contribution < -0.4 is 19.6 Å². The molecule has 0 aliphatic carbocycles. The van der Waals surface area contributed by atoms with E-state index in [2.05, 4.69) is 10.5 Å². The van der Waals surface area contributed by atoms with E-state index < -0.39 is 18.0 Å². The summed E-state index contributed by atoms with van der Waals surface area (Å²) < 4.78 is 16.8. The zero-order valence-corrected chi connectivity index (χ0v) is 20.3. The van der Waals surface area contributed by atoms with Gasteiger partial charge in [-0.05, 0) is 78.0 Å². The lowest BCUT2D eigenvalue weighted by molar-refractivity contribution is -0.127. The first-order chi connectivity index (χ1) is 17.6. The minimum Gasteiger partial charge on any atom is -0.489 e. The zero-order valence-electron chi connectivity index (χ0n) is 19.5. The van der Waals surface area contributed by atoms with Crippen molar-refractivity contribution in [1.29, 1.82) is 0 Å². The van der Waals surface area contributed by atoms with Gasteiger partial charge in [0.15, 0.2) is 6.10 Å². The molecule has 0 saturated heterocycles. The molecule has 4 rings (SSSR count). The summed E-state index contributed by atoms with van der Waals surface area (Å²) in [5.74, 6) is 0.883. The van der Waals surface area contributed by atoms with E-state index in [1.165, 1.54) is 17.6 Å². The number of hydrogen-bond donors (Lipinski definition) is 1. The number of nitrogens with one attached hydrogen (secondary N) is 1. The second kappa shape index (κ2) is 12.3. The van der Waals surface area contributed by atoms with Gasteiger partial charge in [-0.1, -0.05) is 36.4 Å². The highest BCUT2D eigenvalue weighted by atomic mass is 32.1. The number of esters is 1. The van der Waals surface area contributed by atoms with E-state index in [1.807, 2.05) is 35.7 Å². The lowest BCUT2D eigenvalue weighted by atomic mass is 10.2. The lowest BCUT2D eigenvalue weighted by Crippen LogP contribution is -2.33. The summed E-state index contributed by atoms with van der Waals surface area (Å²) in [4.78, 5) is 24.9. The number of hydrazone groups is 1. The predicted molar refractivity (Wildman–Crippen MR) is 139 cm³/mol. The fourth-order valence-corrected chi connectivity index (χ4v) is 3.65. The SMILES string of the molecule is CC(Oc1ccc(OCc2ccccc2)cc1)C(=O)NN=Cc1ccc(OC(=O)c2cccs2)cc1. The Morgan fingerprint density at radius 2 is 1.58 bits per heavy atom. The van der Waals surface area contributed by atoms with Crippen LogP contribution >= 0.6 is 11.3 Å². The molecule has 7 nitrogen and oxygen atoms in total. The Morgan fingerprint density at radius 1 is 0.889 bits per heavy atom. The molecule has 36 heavy (non-hydrogen) atoms. The molecule has 0 aliphatic heterocycles. The van der Waals surface area contributed by atoms with Crippen LogP contribution in [0.1, 0.15) is 27.7 Å². The molecule has 3 aromatic carbocycles. The molecule has 0 radical (unpaired) electrons. The highest BCUT2D eigenvalue weighted by molar-refractivity contribution is 7.12. The minimum absolute atomic E-state index is 0.392. The summed E-state index contributed by atoms with van der Waals surface area (Å²) in [6, 6.07) is 27.3. The molecule has 1 unspecified atom stereocenters. The van der Waals surface area contributed by atoms with Gasteiger partial charge in [-0.2, -0.15) is 5.10 Å². The lowest BCUT2D eigenvalue weighted by Gasteiger charge is -2.13. The first-order valence-corrected chi connectivity index (χ1v) is 12.1. The van der Waals surface area contributed by atoms with Crippen molar-refractivity contribution in [3.8, 4) is 17.2 Å². The van der Waals surface area contributed by atoms with Crippen LogP contribution in [-0.4, -0.2) is 24.2 Å². The molecular weight excluding hydrogens is 476 g/mol. The third-order valence-electron chi connectivity index (χ3n) is 4.96. The molecule has 182 valence electrons. The van der Waals surface area contributed by atoms with Crippen molar-refractivity contribution >= 4 is 29.4 Å². The molecule has 1 N–H and O–H groups in total. The molecule has 0 fully saturated rings. The molecule has 0 saturated carbocycles. The van der Waals surface area contributed by atoms with Crippen molar-refractivity contribution in [2.24, 2.45) is 5.10 Å². The molecule has 8 heteroatoms. The van der Waals surface area contributed by atoms with Gasteiger partial charge in [0.25, 0.3) is 5.91 Å². The Labute approximate surface area is 213 Å². The van der Waals surface area contributed by atoms with Crippen LogP contribution in [0.25, 0.3) is 0 Å². The topological polar surface area (TPSA) is 86.2 Å². The summed E-state index contributed by atoms with van der Waals surface area (Å²) in [6.45, 7) is 2.11. The molecule has 0 bridgehead atoms. The van der Waals surface area contributed by atoms with Gasteiger partial charge in [0.05, 0.1) is 6.21 Å². The van der Waals surface area contributed by atoms with E-state index in [1.54, 1.807) is 67.6 Å². The number of carbonyl (C=O) groups is 2. The van der Waals surface area contributed by atoms with E-state index in [4.69, 9.17) is 14.2 Å². The molecule has 1 aromatic heterocycles. The van der Waals surface area contributed by atoms with Crippen molar-refractivity contribution in [3.05, 3.63) is 112 Å². The van der Waals surface area contributed by atoms with Gasteiger partial charge < -0.3 is 14.2 Å². The molecule has 1 amide bonds. The van der Waals surface area contributed by atoms with Crippen LogP contribution in [0.3, 0.4) is 0 Å². The van der Waals surface area contributed by atoms with E-state index in [0.717, 1.165) is 11.1 Å². The van der Waals surface area contributed by atoms with E-state index in [0.29, 0.717) is 28.7 Å². The van der Waals surface area contributed by atoms with Gasteiger partial charge in [-0.15, -0.1) is 11.3 Å². The standard InChI is InChI=1S/C28H24N2O5S/c1-20(34-24-15-13-23(14-16-24)33-19-22-6-3-2-4-7-22)27(31)30-29-18-21-9-11-25(12-10-21)35-28(32)26-8-5-17-36-26/h2-18,20H,19H2,1H3,(H,30,31). The highest BCUT2D eigenvalue weighted by Crippen LogP contribution is 2.20. The van der Waals surface area contributed by atoms with Crippen molar-refractivity contribution in [1.82, 2.24) is 5.43 Å². The van der Waals surface area contributed by atoms with Gasteiger partial charge in [-0.25, -0.2) is 10.2 Å². The van der Waals surface area contributed by atoms with Crippen LogP contribution in [0, 0.1) is 0 Å². The normalized spacial score (nSPS) is 11.6. The Hall–Kier alpha value is -4.43. The Morgan fingerprint density at radius 3 is 2.28 bits per heavy atom. The number of nitrogens with zero attached hydrogens (tertiary/aromatic N) is 1. The van der Waals surface area contributed by atoms with Crippen molar-refractivity contribution in [2.45, 2.75) is 19.6 Å². The van der Waals surface area contributed by atoms with Gasteiger partial charge in [0.1, 0.15) is 28.7 Å². The number of benzene rings is 3. The molecular formula is C28H24N2O5S. The highest BCUT2D eigenvalue weighted by Gasteiger charge is 2.14. The van der Waals surface area contributed by atoms with Crippen molar-refractivity contribution < 1.29 is 23.8 Å². The van der Waals surface area contributed by atoms with E-state index >= 15 is 0 Å². The fourth-order valence-electron chi connectivity index (χ4n) is 3.05. The number of ether oxygens (including phenoxy) is 3. The molecule has 4 aromatic rings. The van der Waals surface area contributed by atoms with Crippen LogP contribution in [0.5, 0.6) is 17.2 Å². The molecule has 1 heterocycles. The summed E-state index contributed by atoms with van der Waals surface area (Å²) in [5.41, 5.74) is 4.27. The van der Waals surface area contributed by atoms with Crippen LogP contribution in [0.2, 0.25) is 0 Å². The largest absolute Gasteiger partial charge is 0.489 e. The number of rotatable bonds is 10. The van der Waals surface area contributed by atoms with Crippen LogP contribution in [0.4, 0.5) is 0 Å². The molecule has 0 aliphatic rings. The fraction of sp³-hybridized carbons (Fsp3) is 0.107. The quantitative estimate of drug-likeness (QED) is 0.135. The van der Waals surface area contributed by atoms with Crippen molar-refractivity contribution in [2.75, 3.05) is 0 Å². The van der Waals surface area contributed by atoms with E-state index in [9.17, 15) is 9.59 Å². The first-order valence-electron chi connectivity index (χ1n) is 11.2. The van der Waals surface area contributed by atoms with Gasteiger partial charge in [0.2, 0.25) is 0 Å². The third-order valence-corrected chi connectivity index (χ3v) is 5.81. The molecule has 1 atom stereocenters. The Kier molecular flexibility index (Phi) is 8.45. The van der Waals surface area contributed by atoms with Crippen LogP contribution in [0.15, 0.2) is 101 Å².